The van der Waals surface area contributed by atoms with Crippen LogP contribution in [0.3, 0.4) is 0 Å². The maximum Gasteiger partial charge on any atom is 0.460 e. The van der Waals surface area contributed by atoms with Crippen molar-refractivity contribution in [1.82, 2.24) is 0 Å². The number of hydrogen-bond donors (Lipinski definition) is 0. The van der Waals surface area contributed by atoms with E-state index in [4.69, 9.17) is 0 Å². The average Bonchev–Trinajstić information content (AvgIpc) is 3.07. The van der Waals surface area contributed by atoms with Gasteiger partial charge in [0.05, 0.1) is 0 Å². The first kappa shape index (κ1) is 25.4. The number of alkyl halides is 16. The first-order valence-corrected chi connectivity index (χ1v) is 6.85. The molecule has 0 saturated carbocycles. The maximum atomic E-state index is 13.6. The lowest BCUT2D eigenvalue weighted by molar-refractivity contribution is -0.445. The molecule has 0 fully saturated rings. The zero-order valence-electron chi connectivity index (χ0n) is 13.1. The maximum absolute atomic E-state index is 13.6. The Kier molecular flexibility index (Phi) is 5.85. The zero-order valence-corrected chi connectivity index (χ0v) is 13.1. The van der Waals surface area contributed by atoms with E-state index in [1.807, 2.05) is 0 Å². The normalized spacial score (nSPS) is 18.8. The second kappa shape index (κ2) is 6.68. The van der Waals surface area contributed by atoms with Crippen LogP contribution in [0.15, 0.2) is 23.8 Å². The highest BCUT2D eigenvalue weighted by atomic mass is 19.4. The molecule has 29 heavy (non-hydrogen) atoms. The van der Waals surface area contributed by atoms with Gasteiger partial charge in [-0.15, -0.1) is 0 Å². The molecule has 1 rings (SSSR count). The Morgan fingerprint density at radius 1 is 0.621 bits per heavy atom. The van der Waals surface area contributed by atoms with Crippen LogP contribution >= 0.6 is 0 Å². The van der Waals surface area contributed by atoms with E-state index < -0.39 is 59.9 Å². The molecule has 1 atom stereocenters. The molecule has 0 aromatic carbocycles. The second-order valence-corrected chi connectivity index (χ2v) is 5.73. The molecule has 0 aromatic rings. The molecule has 1 aliphatic rings. The molecule has 1 aliphatic carbocycles. The van der Waals surface area contributed by atoms with Gasteiger partial charge < -0.3 is 0 Å². The average molecular weight is 466 g/mol. The number of hydrogen-bond acceptors (Lipinski definition) is 0. The van der Waals surface area contributed by atoms with Crippen molar-refractivity contribution in [3.8, 4) is 0 Å². The first-order valence-electron chi connectivity index (χ1n) is 6.85. The van der Waals surface area contributed by atoms with Crippen molar-refractivity contribution < 1.29 is 70.2 Å². The third-order valence-electron chi connectivity index (χ3n) is 3.79. The minimum atomic E-state index is -8.33. The summed E-state index contributed by atoms with van der Waals surface area (Å²) in [5, 5.41) is 0. The first-order chi connectivity index (χ1) is 12.5. The molecule has 16 heteroatoms. The summed E-state index contributed by atoms with van der Waals surface area (Å²) in [6.07, 6.45) is -12.8. The Morgan fingerprint density at radius 3 is 1.38 bits per heavy atom. The lowest BCUT2D eigenvalue weighted by atomic mass is 9.88. The fourth-order valence-electron chi connectivity index (χ4n) is 2.03. The van der Waals surface area contributed by atoms with Crippen LogP contribution in [0.2, 0.25) is 0 Å². The summed E-state index contributed by atoms with van der Waals surface area (Å²) >= 11 is 0. The molecule has 0 bridgehead atoms. The van der Waals surface area contributed by atoms with Crippen LogP contribution in [-0.2, 0) is 0 Å². The largest absolute Gasteiger partial charge is 0.460 e. The molecule has 0 aromatic heterocycles. The molecule has 0 saturated heterocycles. The fourth-order valence-corrected chi connectivity index (χ4v) is 2.03. The van der Waals surface area contributed by atoms with Crippen LogP contribution in [0.5, 0.6) is 0 Å². The monoisotopic (exact) mass is 466 g/mol. The minimum absolute atomic E-state index is 0.186. The summed E-state index contributed by atoms with van der Waals surface area (Å²) in [5.41, 5.74) is -1.70. The third-order valence-corrected chi connectivity index (χ3v) is 3.79. The minimum Gasteiger partial charge on any atom is -0.233 e. The van der Waals surface area contributed by atoms with Crippen LogP contribution in [-0.4, -0.2) is 47.9 Å². The van der Waals surface area contributed by atoms with Crippen LogP contribution in [0.1, 0.15) is 6.42 Å². The number of halogens is 16. The van der Waals surface area contributed by atoms with Gasteiger partial charge in [0, 0.05) is 5.57 Å². The molecule has 1 unspecified atom stereocenters. The molecular formula is C13H6F16. The molecule has 0 heterocycles. The standard InChI is InChI=1S/C13H6F16/c14-6(7(15,16)5-3-1-2-4-5)8(17,18)9(19,20)10(21,22)11(23,24)12(25,26)13(27,28)29/h1-3,6H,4H2. The van der Waals surface area contributed by atoms with Gasteiger partial charge in [0.2, 0.25) is 6.17 Å². The topological polar surface area (TPSA) is 0 Å². The second-order valence-electron chi connectivity index (χ2n) is 5.73. The van der Waals surface area contributed by atoms with Gasteiger partial charge in [0.1, 0.15) is 0 Å². The van der Waals surface area contributed by atoms with E-state index >= 15 is 0 Å². The molecule has 0 amide bonds. The highest BCUT2D eigenvalue weighted by molar-refractivity contribution is 5.31. The summed E-state index contributed by atoms with van der Waals surface area (Å²) in [6.45, 7) is 0. The van der Waals surface area contributed by atoms with Crippen LogP contribution < -0.4 is 0 Å². The van der Waals surface area contributed by atoms with Crippen molar-refractivity contribution in [2.45, 2.75) is 54.3 Å². The Morgan fingerprint density at radius 2 is 1.03 bits per heavy atom. The van der Waals surface area contributed by atoms with E-state index in [0.717, 1.165) is 6.08 Å². The lowest BCUT2D eigenvalue weighted by Crippen LogP contribution is -2.72. The summed E-state index contributed by atoms with van der Waals surface area (Å²) < 4.78 is 208. The van der Waals surface area contributed by atoms with Crippen LogP contribution in [0.4, 0.5) is 70.2 Å². The van der Waals surface area contributed by atoms with Gasteiger partial charge in [-0.2, -0.15) is 65.9 Å². The van der Waals surface area contributed by atoms with E-state index in [0.29, 0.717) is 6.08 Å². The Balaban J connectivity index is 3.50. The smallest absolute Gasteiger partial charge is 0.233 e. The van der Waals surface area contributed by atoms with Gasteiger partial charge >= 0.3 is 41.7 Å². The molecule has 0 aliphatic heterocycles. The lowest BCUT2D eigenvalue weighted by Gasteiger charge is -2.41. The van der Waals surface area contributed by atoms with E-state index in [1.165, 1.54) is 0 Å². The van der Waals surface area contributed by atoms with Gasteiger partial charge in [-0.1, -0.05) is 18.2 Å². The predicted octanol–water partition coefficient (Wildman–Crippen LogP) is 6.58. The predicted molar refractivity (Wildman–Crippen MR) is 62.5 cm³/mol. The molecule has 0 nitrogen and oxygen atoms in total. The van der Waals surface area contributed by atoms with Gasteiger partial charge in [-0.25, -0.2) is 4.39 Å². The van der Waals surface area contributed by atoms with Crippen molar-refractivity contribution >= 4 is 0 Å². The number of allylic oxidation sites excluding steroid dienone is 4. The van der Waals surface area contributed by atoms with Gasteiger partial charge in [0.25, 0.3) is 0 Å². The summed E-state index contributed by atoms with van der Waals surface area (Å²) in [5.74, 6) is -46.0. The van der Waals surface area contributed by atoms with Gasteiger partial charge in [-0.05, 0) is 6.42 Å². The van der Waals surface area contributed by atoms with E-state index in [1.54, 1.807) is 0 Å². The van der Waals surface area contributed by atoms with E-state index in [2.05, 4.69) is 0 Å². The Hall–Kier alpha value is -1.64. The van der Waals surface area contributed by atoms with E-state index in [-0.39, 0.29) is 6.08 Å². The summed E-state index contributed by atoms with van der Waals surface area (Å²) in [6, 6.07) is 0. The quantitative estimate of drug-likeness (QED) is 0.372. The molecule has 0 N–H and O–H groups in total. The molecule has 170 valence electrons. The fraction of sp³-hybridized carbons (Fsp3) is 0.692. The van der Waals surface area contributed by atoms with Crippen molar-refractivity contribution in [3.05, 3.63) is 23.8 Å². The number of rotatable bonds is 7. The molecule has 0 radical (unpaired) electrons. The summed E-state index contributed by atoms with van der Waals surface area (Å²) in [7, 11) is 0. The highest BCUT2D eigenvalue weighted by Gasteiger charge is 2.92. The zero-order chi connectivity index (χ0) is 23.5. The SMILES string of the molecule is FC(C(F)(F)C1=CC=CC1)C(F)(F)C(F)(F)C(F)(F)C(F)(F)C(F)(F)C(F)(F)F. The van der Waals surface area contributed by atoms with Crippen molar-refractivity contribution in [1.29, 1.82) is 0 Å². The van der Waals surface area contributed by atoms with E-state index in [9.17, 15) is 70.2 Å². The highest BCUT2D eigenvalue weighted by Crippen LogP contribution is 2.62. The molecular weight excluding hydrogens is 460 g/mol. The van der Waals surface area contributed by atoms with Crippen molar-refractivity contribution in [2.24, 2.45) is 0 Å². The Labute approximate surface area is 149 Å². The van der Waals surface area contributed by atoms with Crippen molar-refractivity contribution in [3.63, 3.8) is 0 Å². The van der Waals surface area contributed by atoms with Crippen LogP contribution in [0.25, 0.3) is 0 Å². The summed E-state index contributed by atoms with van der Waals surface area (Å²) in [4.78, 5) is 0. The van der Waals surface area contributed by atoms with Crippen LogP contribution in [0, 0.1) is 0 Å². The molecule has 0 spiro atoms. The van der Waals surface area contributed by atoms with Gasteiger partial charge in [0.15, 0.2) is 0 Å². The van der Waals surface area contributed by atoms with Crippen molar-refractivity contribution in [2.75, 3.05) is 0 Å². The Bertz CT molecular complexity index is 679. The van der Waals surface area contributed by atoms with Gasteiger partial charge in [-0.3, -0.25) is 0 Å². The third kappa shape index (κ3) is 3.35.